The van der Waals surface area contributed by atoms with Crippen molar-refractivity contribution in [3.63, 3.8) is 0 Å². The van der Waals surface area contributed by atoms with Crippen molar-refractivity contribution >= 4 is 27.7 Å². The number of likely N-dealkylation sites (tertiary alicyclic amines) is 1. The second kappa shape index (κ2) is 7.51. The van der Waals surface area contributed by atoms with Crippen LogP contribution in [0.2, 0.25) is 0 Å². The molecule has 1 saturated heterocycles. The van der Waals surface area contributed by atoms with Gasteiger partial charge in [0.2, 0.25) is 5.91 Å². The van der Waals surface area contributed by atoms with E-state index in [0.717, 1.165) is 30.3 Å². The lowest BCUT2D eigenvalue weighted by molar-refractivity contribution is -0.140. The number of nitrogens with zero attached hydrogens (tertiary/aromatic N) is 2. The summed E-state index contributed by atoms with van der Waals surface area (Å²) in [7, 11) is 0. The van der Waals surface area contributed by atoms with Gasteiger partial charge < -0.3 is 14.6 Å². The zero-order chi connectivity index (χ0) is 19.8. The lowest BCUT2D eigenvalue weighted by Crippen LogP contribution is -2.45. The van der Waals surface area contributed by atoms with E-state index in [0.29, 0.717) is 17.3 Å². The Labute approximate surface area is 162 Å². The van der Waals surface area contributed by atoms with Crippen molar-refractivity contribution < 1.29 is 18.7 Å². The zero-order valence-corrected chi connectivity index (χ0v) is 15.9. The summed E-state index contributed by atoms with van der Waals surface area (Å²) >= 11 is 0. The van der Waals surface area contributed by atoms with E-state index in [1.165, 1.54) is 24.3 Å². The Kier molecular flexibility index (Phi) is 5.06. The Hall–Kier alpha value is -2.47. The van der Waals surface area contributed by atoms with E-state index in [9.17, 15) is 18.7 Å². The molecule has 0 aliphatic carbocycles. The highest BCUT2D eigenvalue weighted by molar-refractivity contribution is 6.08. The molecule has 0 radical (unpaired) electrons. The van der Waals surface area contributed by atoms with Gasteiger partial charge in [-0.1, -0.05) is 6.92 Å². The molecule has 2 atom stereocenters. The minimum atomic E-state index is -0.770. The summed E-state index contributed by atoms with van der Waals surface area (Å²) < 4.78 is 29.4. The molecule has 4 nitrogen and oxygen atoms in total. The number of rotatable bonds is 5. The molecule has 148 valence electrons. The van der Waals surface area contributed by atoms with Gasteiger partial charge in [-0.2, -0.15) is 0 Å². The summed E-state index contributed by atoms with van der Waals surface area (Å²) in [5, 5.41) is 11.9. The van der Waals surface area contributed by atoms with Gasteiger partial charge >= 0.3 is 0 Å². The van der Waals surface area contributed by atoms with Crippen LogP contribution in [0.15, 0.2) is 36.4 Å². The molecule has 2 aromatic carbocycles. The fraction of sp³-hybridized carbons (Fsp3) is 0.409. The first kappa shape index (κ1) is 18.9. The quantitative estimate of drug-likeness (QED) is 0.718. The molecule has 0 saturated carbocycles. The Bertz CT molecular complexity index is 971. The molecule has 0 spiro atoms. The molecule has 0 bridgehead atoms. The van der Waals surface area contributed by atoms with E-state index in [1.807, 2.05) is 11.5 Å². The van der Waals surface area contributed by atoms with Crippen LogP contribution in [0.3, 0.4) is 0 Å². The lowest BCUT2D eigenvalue weighted by atomic mass is 9.94. The lowest BCUT2D eigenvalue weighted by Gasteiger charge is -2.33. The number of benzene rings is 2. The van der Waals surface area contributed by atoms with Crippen LogP contribution in [0.5, 0.6) is 0 Å². The number of halogens is 2. The van der Waals surface area contributed by atoms with Crippen LogP contribution >= 0.6 is 0 Å². The zero-order valence-electron chi connectivity index (χ0n) is 15.9. The topological polar surface area (TPSA) is 45.5 Å². The molecule has 1 aliphatic rings. The molecule has 3 aromatic rings. The van der Waals surface area contributed by atoms with Crippen LogP contribution in [0.1, 0.15) is 26.2 Å². The van der Waals surface area contributed by atoms with Gasteiger partial charge in [-0.15, -0.1) is 0 Å². The van der Waals surface area contributed by atoms with Crippen molar-refractivity contribution in [3.05, 3.63) is 48.0 Å². The predicted molar refractivity (Wildman–Crippen MR) is 105 cm³/mol. The molecule has 2 heterocycles. The summed E-state index contributed by atoms with van der Waals surface area (Å²) in [6.45, 7) is 3.19. The second-order valence-electron chi connectivity index (χ2n) is 7.62. The van der Waals surface area contributed by atoms with Gasteiger partial charge in [0.15, 0.2) is 0 Å². The highest BCUT2D eigenvalue weighted by Crippen LogP contribution is 2.31. The van der Waals surface area contributed by atoms with Crippen LogP contribution < -0.4 is 0 Å². The van der Waals surface area contributed by atoms with E-state index < -0.39 is 6.10 Å². The number of aromatic nitrogens is 1. The summed E-state index contributed by atoms with van der Waals surface area (Å²) in [6, 6.07) is 8.80. The second-order valence-corrected chi connectivity index (χ2v) is 7.62. The number of hydrogen-bond acceptors (Lipinski definition) is 2. The molecule has 1 N–H and O–H groups in total. The van der Waals surface area contributed by atoms with Gasteiger partial charge in [0.25, 0.3) is 0 Å². The standard InChI is InChI=1S/C22H24F2N2O2/c1-2-14-4-3-9-25(22(14)28)12-17(27)13-26-20-7-5-15(23)10-18(20)19-11-16(24)6-8-21(19)26/h5-8,10-11,14,17,27H,2-4,9,12-13H2,1H3. The Morgan fingerprint density at radius 3 is 2.25 bits per heavy atom. The SMILES string of the molecule is CCC1CCCN(CC(O)Cn2c3ccc(F)cc3c3cc(F)ccc32)C1=O. The van der Waals surface area contributed by atoms with E-state index in [4.69, 9.17) is 0 Å². The third kappa shape index (κ3) is 3.37. The Morgan fingerprint density at radius 2 is 1.68 bits per heavy atom. The van der Waals surface area contributed by atoms with Gasteiger partial charge in [-0.05, 0) is 55.7 Å². The first-order valence-electron chi connectivity index (χ1n) is 9.81. The number of β-amino-alcohol motifs (C(OH)–C–C–N with tert-alkyl or cyclic N) is 1. The fourth-order valence-electron chi connectivity index (χ4n) is 4.35. The largest absolute Gasteiger partial charge is 0.389 e. The van der Waals surface area contributed by atoms with Gasteiger partial charge in [-0.25, -0.2) is 8.78 Å². The summed E-state index contributed by atoms with van der Waals surface area (Å²) in [6.07, 6.45) is 1.90. The van der Waals surface area contributed by atoms with E-state index >= 15 is 0 Å². The smallest absolute Gasteiger partial charge is 0.225 e. The number of hydrogen-bond donors (Lipinski definition) is 1. The molecule has 1 aromatic heterocycles. The molecular weight excluding hydrogens is 362 g/mol. The molecule has 1 fully saturated rings. The molecule has 1 aliphatic heterocycles. The summed E-state index contributed by atoms with van der Waals surface area (Å²) in [4.78, 5) is 14.3. The molecule has 1 amide bonds. The highest BCUT2D eigenvalue weighted by atomic mass is 19.1. The third-order valence-electron chi connectivity index (χ3n) is 5.75. The van der Waals surface area contributed by atoms with E-state index in [1.54, 1.807) is 17.0 Å². The number of piperidine rings is 1. The number of aliphatic hydroxyl groups excluding tert-OH is 1. The van der Waals surface area contributed by atoms with Crippen molar-refractivity contribution in [1.82, 2.24) is 9.47 Å². The molecule has 2 unspecified atom stereocenters. The average Bonchev–Trinajstić information content (AvgIpc) is 2.96. The normalized spacial score (nSPS) is 18.9. The number of aliphatic hydroxyl groups is 1. The van der Waals surface area contributed by atoms with Gasteiger partial charge in [0, 0.05) is 40.8 Å². The van der Waals surface area contributed by atoms with Crippen LogP contribution in [-0.4, -0.2) is 39.7 Å². The van der Waals surface area contributed by atoms with Crippen molar-refractivity contribution in [2.75, 3.05) is 13.1 Å². The molecular formula is C22H24F2N2O2. The number of amides is 1. The summed E-state index contributed by atoms with van der Waals surface area (Å²) in [5.41, 5.74) is 1.47. The predicted octanol–water partition coefficient (Wildman–Crippen LogP) is 4.08. The monoisotopic (exact) mass is 386 g/mol. The van der Waals surface area contributed by atoms with Crippen LogP contribution in [0.25, 0.3) is 21.8 Å². The molecule has 4 rings (SSSR count). The number of fused-ring (bicyclic) bond motifs is 3. The molecule has 6 heteroatoms. The average molecular weight is 386 g/mol. The van der Waals surface area contributed by atoms with Crippen molar-refractivity contribution in [3.8, 4) is 0 Å². The van der Waals surface area contributed by atoms with Crippen LogP contribution in [0.4, 0.5) is 8.78 Å². The Morgan fingerprint density at radius 1 is 1.07 bits per heavy atom. The van der Waals surface area contributed by atoms with Crippen molar-refractivity contribution in [2.24, 2.45) is 5.92 Å². The fourth-order valence-corrected chi connectivity index (χ4v) is 4.35. The first-order valence-corrected chi connectivity index (χ1v) is 9.81. The van der Waals surface area contributed by atoms with Crippen LogP contribution in [0, 0.1) is 17.6 Å². The van der Waals surface area contributed by atoms with Gasteiger partial charge in [-0.3, -0.25) is 4.79 Å². The van der Waals surface area contributed by atoms with E-state index in [2.05, 4.69) is 0 Å². The van der Waals surface area contributed by atoms with Gasteiger partial charge in [0.1, 0.15) is 11.6 Å². The highest BCUT2D eigenvalue weighted by Gasteiger charge is 2.28. The maximum Gasteiger partial charge on any atom is 0.225 e. The minimum Gasteiger partial charge on any atom is -0.389 e. The minimum absolute atomic E-state index is 0.0418. The maximum atomic E-state index is 13.8. The number of carbonyl (C=O) groups is 1. The Balaban J connectivity index is 1.64. The third-order valence-corrected chi connectivity index (χ3v) is 5.75. The van der Waals surface area contributed by atoms with E-state index in [-0.39, 0.29) is 36.5 Å². The van der Waals surface area contributed by atoms with Crippen molar-refractivity contribution in [2.45, 2.75) is 38.8 Å². The maximum absolute atomic E-state index is 13.8. The summed E-state index contributed by atoms with van der Waals surface area (Å²) in [5.74, 6) is -0.624. The molecule has 28 heavy (non-hydrogen) atoms. The van der Waals surface area contributed by atoms with Gasteiger partial charge in [0.05, 0.1) is 12.6 Å². The van der Waals surface area contributed by atoms with Crippen molar-refractivity contribution in [1.29, 1.82) is 0 Å². The van der Waals surface area contributed by atoms with Crippen LogP contribution in [-0.2, 0) is 11.3 Å². The first-order chi connectivity index (χ1) is 13.5. The number of carbonyl (C=O) groups excluding carboxylic acids is 1.